The Labute approximate surface area is 129 Å². The van der Waals surface area contributed by atoms with E-state index in [1.54, 1.807) is 4.90 Å². The van der Waals surface area contributed by atoms with Gasteiger partial charge in [-0.3, -0.25) is 18.7 Å². The van der Waals surface area contributed by atoms with E-state index >= 15 is 0 Å². The highest BCUT2D eigenvalue weighted by molar-refractivity contribution is 5.85. The van der Waals surface area contributed by atoms with E-state index in [0.29, 0.717) is 13.1 Å². The molecule has 8 heteroatoms. The van der Waals surface area contributed by atoms with Gasteiger partial charge in [0.05, 0.1) is 0 Å². The van der Waals surface area contributed by atoms with Gasteiger partial charge < -0.3 is 10.2 Å². The van der Waals surface area contributed by atoms with Crippen molar-refractivity contribution in [2.45, 2.75) is 32.5 Å². The molecule has 0 saturated carbocycles. The Hall–Kier alpha value is -1.60. The molecule has 0 bridgehead atoms. The Balaban J connectivity index is 0.00000220. The van der Waals surface area contributed by atoms with Gasteiger partial charge in [0, 0.05) is 44.5 Å². The van der Waals surface area contributed by atoms with Crippen molar-refractivity contribution < 1.29 is 4.79 Å². The quantitative estimate of drug-likeness (QED) is 0.773. The maximum absolute atomic E-state index is 12.3. The number of carbonyl (C=O) groups excluding carboxylic acids is 1. The highest BCUT2D eigenvalue weighted by Gasteiger charge is 2.24. The molecule has 2 unspecified atom stereocenters. The fourth-order valence-electron chi connectivity index (χ4n) is 2.51. The van der Waals surface area contributed by atoms with Crippen LogP contribution in [0.5, 0.6) is 0 Å². The van der Waals surface area contributed by atoms with Crippen molar-refractivity contribution in [3.8, 4) is 0 Å². The van der Waals surface area contributed by atoms with Crippen LogP contribution in [0.1, 0.15) is 13.8 Å². The van der Waals surface area contributed by atoms with E-state index in [1.807, 2.05) is 13.8 Å². The average molecular weight is 317 g/mol. The maximum atomic E-state index is 12.3. The summed E-state index contributed by atoms with van der Waals surface area (Å²) in [5.41, 5.74) is -0.842. The first kappa shape index (κ1) is 17.5. The van der Waals surface area contributed by atoms with E-state index in [4.69, 9.17) is 0 Å². The van der Waals surface area contributed by atoms with Gasteiger partial charge in [0.2, 0.25) is 5.91 Å². The number of nitrogens with one attached hydrogen (secondary N) is 1. The number of amides is 1. The molecular formula is C13H21ClN4O3. The van der Waals surface area contributed by atoms with Gasteiger partial charge in [-0.25, -0.2) is 4.79 Å². The molecule has 1 aliphatic heterocycles. The molecule has 118 valence electrons. The van der Waals surface area contributed by atoms with Crippen molar-refractivity contribution in [2.75, 3.05) is 13.1 Å². The third-order valence-electron chi connectivity index (χ3n) is 3.48. The first-order valence-electron chi connectivity index (χ1n) is 6.69. The van der Waals surface area contributed by atoms with E-state index in [2.05, 4.69) is 5.32 Å². The van der Waals surface area contributed by atoms with Crippen molar-refractivity contribution in [3.63, 3.8) is 0 Å². The van der Waals surface area contributed by atoms with Gasteiger partial charge in [0.25, 0.3) is 5.56 Å². The van der Waals surface area contributed by atoms with Crippen molar-refractivity contribution in [1.29, 1.82) is 0 Å². The van der Waals surface area contributed by atoms with Gasteiger partial charge in [-0.15, -0.1) is 12.4 Å². The number of halogens is 1. The van der Waals surface area contributed by atoms with Gasteiger partial charge in [-0.05, 0) is 13.8 Å². The Bertz CT molecular complexity index is 615. The lowest BCUT2D eigenvalue weighted by atomic mass is 10.1. The molecule has 0 aliphatic carbocycles. The van der Waals surface area contributed by atoms with Crippen molar-refractivity contribution >= 4 is 18.3 Å². The topological polar surface area (TPSA) is 76.3 Å². The van der Waals surface area contributed by atoms with E-state index in [9.17, 15) is 14.4 Å². The zero-order valence-electron chi connectivity index (χ0n) is 12.4. The Morgan fingerprint density at radius 3 is 2.43 bits per heavy atom. The minimum absolute atomic E-state index is 0. The van der Waals surface area contributed by atoms with Crippen molar-refractivity contribution in [1.82, 2.24) is 19.4 Å². The van der Waals surface area contributed by atoms with E-state index in [0.717, 1.165) is 4.57 Å². The van der Waals surface area contributed by atoms with Crippen LogP contribution in [0, 0.1) is 0 Å². The average Bonchev–Trinajstić information content (AvgIpc) is 2.38. The Morgan fingerprint density at radius 2 is 1.86 bits per heavy atom. The molecule has 0 spiro atoms. The predicted octanol–water partition coefficient (Wildman–Crippen LogP) is -0.822. The Kier molecular flexibility index (Phi) is 5.74. The molecule has 0 aromatic carbocycles. The smallest absolute Gasteiger partial charge is 0.331 e. The first-order valence-corrected chi connectivity index (χ1v) is 6.69. The number of hydrogen-bond acceptors (Lipinski definition) is 4. The van der Waals surface area contributed by atoms with Gasteiger partial charge in [-0.2, -0.15) is 0 Å². The second-order valence-corrected chi connectivity index (χ2v) is 5.39. The number of aromatic nitrogens is 2. The molecule has 0 radical (unpaired) electrons. The molecule has 2 heterocycles. The summed E-state index contributed by atoms with van der Waals surface area (Å²) in [6, 6.07) is 1.76. The fraction of sp³-hybridized carbons (Fsp3) is 0.615. The summed E-state index contributed by atoms with van der Waals surface area (Å²) in [5, 5.41) is 3.35. The van der Waals surface area contributed by atoms with Crippen LogP contribution in [0.15, 0.2) is 21.9 Å². The number of nitrogens with zero attached hydrogens (tertiary/aromatic N) is 3. The number of piperazine rings is 1. The van der Waals surface area contributed by atoms with Crippen LogP contribution in [0.4, 0.5) is 0 Å². The molecule has 1 aliphatic rings. The number of carbonyl (C=O) groups is 1. The van der Waals surface area contributed by atoms with Gasteiger partial charge in [-0.1, -0.05) is 0 Å². The molecule has 2 atom stereocenters. The number of hydrogen-bond donors (Lipinski definition) is 1. The summed E-state index contributed by atoms with van der Waals surface area (Å²) < 4.78 is 2.26. The molecule has 1 fully saturated rings. The van der Waals surface area contributed by atoms with Gasteiger partial charge in [0.1, 0.15) is 6.54 Å². The zero-order valence-corrected chi connectivity index (χ0v) is 13.2. The van der Waals surface area contributed by atoms with Crippen LogP contribution in [0.2, 0.25) is 0 Å². The summed E-state index contributed by atoms with van der Waals surface area (Å²) in [6.45, 7) is 5.27. The lowest BCUT2D eigenvalue weighted by molar-refractivity contribution is -0.133. The molecule has 7 nitrogen and oxygen atoms in total. The van der Waals surface area contributed by atoms with Crippen molar-refractivity contribution in [3.05, 3.63) is 33.1 Å². The van der Waals surface area contributed by atoms with Crippen molar-refractivity contribution in [2.24, 2.45) is 7.05 Å². The van der Waals surface area contributed by atoms with Crippen LogP contribution in [-0.2, 0) is 18.4 Å². The maximum Gasteiger partial charge on any atom is 0.331 e. The minimum atomic E-state index is -0.470. The summed E-state index contributed by atoms with van der Waals surface area (Å²) in [6.07, 6.45) is 1.37. The summed E-state index contributed by atoms with van der Waals surface area (Å²) in [4.78, 5) is 37.2. The number of rotatable bonds is 2. The summed E-state index contributed by atoms with van der Waals surface area (Å²) in [7, 11) is 1.40. The minimum Gasteiger partial charge on any atom is -0.338 e. The van der Waals surface area contributed by atoms with Crippen LogP contribution in [0.25, 0.3) is 0 Å². The van der Waals surface area contributed by atoms with Crippen LogP contribution in [0.3, 0.4) is 0 Å². The molecule has 1 N–H and O–H groups in total. The van der Waals surface area contributed by atoms with Gasteiger partial charge in [0.15, 0.2) is 0 Å². The standard InChI is InChI=1S/C13H20N4O3.ClH/c1-9-6-17(7-10(2)14-9)12(19)8-16-5-4-11(18)15(3)13(16)20;/h4-5,9-10,14H,6-8H2,1-3H3;1H. The Morgan fingerprint density at radius 1 is 1.29 bits per heavy atom. The van der Waals surface area contributed by atoms with Crippen LogP contribution < -0.4 is 16.6 Å². The van der Waals surface area contributed by atoms with E-state index in [-0.39, 0.29) is 42.5 Å². The summed E-state index contributed by atoms with van der Waals surface area (Å²) >= 11 is 0. The largest absolute Gasteiger partial charge is 0.338 e. The van der Waals surface area contributed by atoms with E-state index < -0.39 is 5.69 Å². The monoisotopic (exact) mass is 316 g/mol. The molecule has 1 saturated heterocycles. The first-order chi connectivity index (χ1) is 9.38. The normalized spacial score (nSPS) is 21.8. The van der Waals surface area contributed by atoms with Crippen LogP contribution >= 0.6 is 12.4 Å². The second-order valence-electron chi connectivity index (χ2n) is 5.39. The molecule has 21 heavy (non-hydrogen) atoms. The van der Waals surface area contributed by atoms with E-state index in [1.165, 1.54) is 23.9 Å². The molecule has 2 rings (SSSR count). The second kappa shape index (κ2) is 6.91. The molecular weight excluding hydrogens is 296 g/mol. The van der Waals surface area contributed by atoms with Gasteiger partial charge >= 0.3 is 5.69 Å². The van der Waals surface area contributed by atoms with Crippen LogP contribution in [-0.4, -0.2) is 45.1 Å². The fourth-order valence-corrected chi connectivity index (χ4v) is 2.51. The lowest BCUT2D eigenvalue weighted by Crippen LogP contribution is -2.56. The summed E-state index contributed by atoms with van der Waals surface area (Å²) in [5.74, 6) is -0.106. The third kappa shape index (κ3) is 3.95. The SMILES string of the molecule is CC1CN(C(=O)Cn2ccc(=O)n(C)c2=O)CC(C)N1.Cl. The molecule has 1 aromatic rings. The lowest BCUT2D eigenvalue weighted by Gasteiger charge is -2.36. The predicted molar refractivity (Wildman–Crippen MR) is 81.8 cm³/mol. The molecule has 1 aromatic heterocycles. The third-order valence-corrected chi connectivity index (χ3v) is 3.48. The highest BCUT2D eigenvalue weighted by atomic mass is 35.5. The highest BCUT2D eigenvalue weighted by Crippen LogP contribution is 2.04. The molecule has 1 amide bonds. The zero-order chi connectivity index (χ0) is 14.9.